The van der Waals surface area contributed by atoms with Crippen LogP contribution >= 0.6 is 0 Å². The first kappa shape index (κ1) is 26.1. The molecule has 35 heavy (non-hydrogen) atoms. The highest BCUT2D eigenvalue weighted by molar-refractivity contribution is 7.89. The largest absolute Gasteiger partial charge is 0.444 e. The van der Waals surface area contributed by atoms with E-state index in [0.717, 1.165) is 11.1 Å². The average molecular weight is 495 g/mol. The average Bonchev–Trinajstić information content (AvgIpc) is 2.84. The van der Waals surface area contributed by atoms with Crippen LogP contribution in [0.4, 0.5) is 5.69 Å². The van der Waals surface area contributed by atoms with Crippen LogP contribution in [0, 0.1) is 13.8 Å². The molecule has 0 aliphatic rings. The summed E-state index contributed by atoms with van der Waals surface area (Å²) in [6.45, 7) is 7.31. The van der Waals surface area contributed by atoms with Gasteiger partial charge in [-0.25, -0.2) is 13.2 Å². The van der Waals surface area contributed by atoms with Crippen molar-refractivity contribution in [1.82, 2.24) is 4.31 Å². The van der Waals surface area contributed by atoms with Crippen LogP contribution in [0.25, 0.3) is 0 Å². The van der Waals surface area contributed by atoms with Crippen molar-refractivity contribution in [2.75, 3.05) is 12.4 Å². The van der Waals surface area contributed by atoms with Gasteiger partial charge in [-0.1, -0.05) is 48.5 Å². The third-order valence-electron chi connectivity index (χ3n) is 5.69. The van der Waals surface area contributed by atoms with Gasteiger partial charge >= 0.3 is 5.97 Å². The van der Waals surface area contributed by atoms with E-state index in [9.17, 15) is 18.0 Å². The first-order valence-electron chi connectivity index (χ1n) is 11.2. The Kier molecular flexibility index (Phi) is 8.09. The van der Waals surface area contributed by atoms with Crippen molar-refractivity contribution >= 4 is 27.6 Å². The van der Waals surface area contributed by atoms with Crippen LogP contribution in [-0.4, -0.2) is 37.7 Å². The van der Waals surface area contributed by atoms with Crippen LogP contribution in [0.1, 0.15) is 47.0 Å². The lowest BCUT2D eigenvalue weighted by atomic mass is 10.1. The number of sulfonamides is 1. The van der Waals surface area contributed by atoms with E-state index in [1.165, 1.54) is 35.6 Å². The van der Waals surface area contributed by atoms with Gasteiger partial charge in [0.1, 0.15) is 0 Å². The Morgan fingerprint density at radius 3 is 2.26 bits per heavy atom. The van der Waals surface area contributed by atoms with E-state index in [1.807, 2.05) is 32.0 Å². The zero-order valence-corrected chi connectivity index (χ0v) is 21.3. The maximum absolute atomic E-state index is 13.2. The summed E-state index contributed by atoms with van der Waals surface area (Å²) in [4.78, 5) is 26.3. The smallest absolute Gasteiger partial charge is 0.339 e. The maximum Gasteiger partial charge on any atom is 0.339 e. The summed E-state index contributed by atoms with van der Waals surface area (Å²) in [6.07, 6.45) is -1.23. The molecule has 3 aromatic rings. The number of hydrogen-bond donors (Lipinski definition) is 1. The normalized spacial score (nSPS) is 12.4. The predicted molar refractivity (Wildman–Crippen MR) is 136 cm³/mol. The minimum absolute atomic E-state index is 0.0285. The van der Waals surface area contributed by atoms with Crippen molar-refractivity contribution < 1.29 is 22.7 Å². The van der Waals surface area contributed by atoms with E-state index in [-0.39, 0.29) is 16.5 Å². The number of rotatable bonds is 8. The fourth-order valence-corrected chi connectivity index (χ4v) is 4.79. The molecule has 0 saturated heterocycles. The molecule has 0 radical (unpaired) electrons. The van der Waals surface area contributed by atoms with Crippen molar-refractivity contribution in [3.63, 3.8) is 0 Å². The molecule has 0 bridgehead atoms. The SMILES string of the molecule is Cc1ccc(C)c(NC(=O)C(OC(=O)c2cccc(S(=O)(=O)N(C)C(C)C)c2)c2ccccc2)c1. The fraction of sp³-hybridized carbons (Fsp3) is 0.259. The Bertz CT molecular complexity index is 1320. The van der Waals surface area contributed by atoms with Gasteiger partial charge in [-0.2, -0.15) is 4.31 Å². The van der Waals surface area contributed by atoms with Gasteiger partial charge < -0.3 is 10.1 Å². The zero-order chi connectivity index (χ0) is 25.8. The van der Waals surface area contributed by atoms with Gasteiger partial charge in [-0.05, 0) is 63.1 Å². The molecule has 0 heterocycles. The number of esters is 1. The van der Waals surface area contributed by atoms with E-state index in [1.54, 1.807) is 44.2 Å². The van der Waals surface area contributed by atoms with Crippen molar-refractivity contribution in [2.45, 2.75) is 44.7 Å². The quantitative estimate of drug-likeness (QED) is 0.451. The number of hydrogen-bond acceptors (Lipinski definition) is 5. The second-order valence-corrected chi connectivity index (χ2v) is 10.6. The fourth-order valence-electron chi connectivity index (χ4n) is 3.37. The summed E-state index contributed by atoms with van der Waals surface area (Å²) in [7, 11) is -2.31. The lowest BCUT2D eigenvalue weighted by Gasteiger charge is -2.21. The molecule has 0 spiro atoms. The molecule has 0 aliphatic heterocycles. The number of anilines is 1. The Hall–Kier alpha value is -3.49. The lowest BCUT2D eigenvalue weighted by molar-refractivity contribution is -0.125. The summed E-state index contributed by atoms with van der Waals surface area (Å²) in [6, 6.07) is 19.7. The molecule has 184 valence electrons. The molecule has 1 N–H and O–H groups in total. The molecule has 3 rings (SSSR count). The van der Waals surface area contributed by atoms with Crippen LogP contribution in [0.15, 0.2) is 77.7 Å². The van der Waals surface area contributed by atoms with Crippen LogP contribution in [0.3, 0.4) is 0 Å². The third-order valence-corrected chi connectivity index (χ3v) is 7.72. The number of amides is 1. The van der Waals surface area contributed by atoms with Crippen molar-refractivity contribution in [2.24, 2.45) is 0 Å². The summed E-state index contributed by atoms with van der Waals surface area (Å²) >= 11 is 0. The number of aryl methyl sites for hydroxylation is 2. The van der Waals surface area contributed by atoms with Crippen molar-refractivity contribution in [3.8, 4) is 0 Å². The molecule has 1 amide bonds. The molecular weight excluding hydrogens is 464 g/mol. The minimum Gasteiger partial charge on any atom is -0.444 e. The topological polar surface area (TPSA) is 92.8 Å². The van der Waals surface area contributed by atoms with Crippen LogP contribution in [0.5, 0.6) is 0 Å². The highest BCUT2D eigenvalue weighted by Crippen LogP contribution is 2.25. The molecule has 0 aromatic heterocycles. The first-order chi connectivity index (χ1) is 16.5. The van der Waals surface area contributed by atoms with Gasteiger partial charge in [-0.3, -0.25) is 4.79 Å². The molecule has 7 nitrogen and oxygen atoms in total. The zero-order valence-electron chi connectivity index (χ0n) is 20.5. The van der Waals surface area contributed by atoms with Gasteiger partial charge in [0.15, 0.2) is 0 Å². The standard InChI is InChI=1S/C27H30N2O5S/c1-18(2)29(5)35(32,33)23-13-9-12-22(17-23)27(31)34-25(21-10-7-6-8-11-21)26(30)28-24-16-19(3)14-15-20(24)4/h6-18,25H,1-5H3,(H,28,30). The molecular formula is C27H30N2O5S. The third kappa shape index (κ3) is 6.15. The highest BCUT2D eigenvalue weighted by Gasteiger charge is 2.28. The highest BCUT2D eigenvalue weighted by atomic mass is 32.2. The van der Waals surface area contributed by atoms with Gasteiger partial charge in [-0.15, -0.1) is 0 Å². The van der Waals surface area contributed by atoms with E-state index in [4.69, 9.17) is 4.74 Å². The monoisotopic (exact) mass is 494 g/mol. The summed E-state index contributed by atoms with van der Waals surface area (Å²) < 4.78 is 32.6. The molecule has 0 aliphatic carbocycles. The van der Waals surface area contributed by atoms with Gasteiger partial charge in [0.2, 0.25) is 16.1 Å². The van der Waals surface area contributed by atoms with Gasteiger partial charge in [0.25, 0.3) is 5.91 Å². The van der Waals surface area contributed by atoms with Crippen molar-refractivity contribution in [3.05, 3.63) is 95.1 Å². The predicted octanol–water partition coefficient (Wildman–Crippen LogP) is 4.87. The Morgan fingerprint density at radius 2 is 1.60 bits per heavy atom. The second-order valence-electron chi connectivity index (χ2n) is 8.65. The maximum atomic E-state index is 13.2. The Balaban J connectivity index is 1.91. The molecule has 0 fully saturated rings. The molecule has 3 aromatic carbocycles. The minimum atomic E-state index is -3.79. The van der Waals surface area contributed by atoms with Crippen molar-refractivity contribution in [1.29, 1.82) is 0 Å². The van der Waals surface area contributed by atoms with E-state index >= 15 is 0 Å². The van der Waals surface area contributed by atoms with Crippen LogP contribution in [0.2, 0.25) is 0 Å². The number of carbonyl (C=O) groups is 2. The number of ether oxygens (including phenoxy) is 1. The first-order valence-corrected chi connectivity index (χ1v) is 12.7. The molecule has 8 heteroatoms. The summed E-state index contributed by atoms with van der Waals surface area (Å²) in [5.41, 5.74) is 2.99. The van der Waals surface area contributed by atoms with E-state index < -0.39 is 28.0 Å². The number of carbonyl (C=O) groups excluding carboxylic acids is 2. The van der Waals surface area contributed by atoms with Crippen LogP contribution in [-0.2, 0) is 19.6 Å². The summed E-state index contributed by atoms with van der Waals surface area (Å²) in [5.74, 6) is -1.32. The van der Waals surface area contributed by atoms with Crippen LogP contribution < -0.4 is 5.32 Å². The number of nitrogens with zero attached hydrogens (tertiary/aromatic N) is 1. The lowest BCUT2D eigenvalue weighted by Crippen LogP contribution is -2.33. The van der Waals surface area contributed by atoms with E-state index in [2.05, 4.69) is 5.32 Å². The molecule has 1 atom stereocenters. The number of benzene rings is 3. The van der Waals surface area contributed by atoms with Gasteiger partial charge in [0, 0.05) is 24.3 Å². The molecule has 0 saturated carbocycles. The Labute approximate surface area is 206 Å². The summed E-state index contributed by atoms with van der Waals surface area (Å²) in [5, 5.41) is 2.85. The molecule has 1 unspecified atom stereocenters. The second kappa shape index (κ2) is 10.8. The Morgan fingerprint density at radius 1 is 0.914 bits per heavy atom. The van der Waals surface area contributed by atoms with E-state index in [0.29, 0.717) is 11.3 Å². The number of nitrogens with one attached hydrogen (secondary N) is 1. The van der Waals surface area contributed by atoms with Gasteiger partial charge in [0.05, 0.1) is 10.5 Å².